The summed E-state index contributed by atoms with van der Waals surface area (Å²) in [5.74, 6) is 0.323. The van der Waals surface area contributed by atoms with E-state index in [-0.39, 0.29) is 23.8 Å². The van der Waals surface area contributed by atoms with E-state index < -0.39 is 0 Å². The fourth-order valence-electron chi connectivity index (χ4n) is 2.44. The Kier molecular flexibility index (Phi) is 3.58. The van der Waals surface area contributed by atoms with Gasteiger partial charge in [-0.15, -0.1) is 0 Å². The number of anilines is 1. The molecule has 0 spiro atoms. The van der Waals surface area contributed by atoms with Gasteiger partial charge in [-0.3, -0.25) is 9.59 Å². The molecule has 0 bridgehead atoms. The molecule has 0 aromatic heterocycles. The van der Waals surface area contributed by atoms with Gasteiger partial charge in [-0.2, -0.15) is 0 Å². The molecule has 1 aliphatic heterocycles. The number of benzene rings is 1. The van der Waals surface area contributed by atoms with Gasteiger partial charge in [0.25, 0.3) is 0 Å². The van der Waals surface area contributed by atoms with Gasteiger partial charge in [-0.25, -0.2) is 0 Å². The number of fused-ring (bicyclic) bond motifs is 1. The minimum absolute atomic E-state index is 0.0122. The van der Waals surface area contributed by atoms with Gasteiger partial charge in [-0.05, 0) is 24.5 Å². The van der Waals surface area contributed by atoms with Crippen molar-refractivity contribution >= 4 is 17.5 Å². The Hall–Kier alpha value is -2.04. The first kappa shape index (κ1) is 13.0. The molecule has 2 amide bonds. The molecule has 2 aliphatic rings. The number of hydrogen-bond acceptors (Lipinski definition) is 3. The maximum absolute atomic E-state index is 12.0. The lowest BCUT2D eigenvalue weighted by molar-refractivity contribution is -0.123. The fraction of sp³-hybridized carbons (Fsp3) is 0.467. The van der Waals surface area contributed by atoms with Gasteiger partial charge in [0, 0.05) is 31.1 Å². The van der Waals surface area contributed by atoms with Gasteiger partial charge in [0.1, 0.15) is 6.04 Å². The van der Waals surface area contributed by atoms with E-state index in [1.54, 1.807) is 0 Å². The molecule has 1 aromatic rings. The summed E-state index contributed by atoms with van der Waals surface area (Å²) >= 11 is 0. The largest absolute Gasteiger partial charge is 0.373 e. The maximum Gasteiger partial charge on any atom is 0.242 e. The highest BCUT2D eigenvalue weighted by molar-refractivity contribution is 5.87. The van der Waals surface area contributed by atoms with Crippen LogP contribution >= 0.6 is 0 Å². The van der Waals surface area contributed by atoms with Crippen LogP contribution in [0.25, 0.3) is 0 Å². The zero-order valence-electron chi connectivity index (χ0n) is 11.3. The van der Waals surface area contributed by atoms with Crippen molar-refractivity contribution in [2.24, 2.45) is 5.92 Å². The summed E-state index contributed by atoms with van der Waals surface area (Å²) in [7, 11) is 0. The minimum Gasteiger partial charge on any atom is -0.373 e. The highest BCUT2D eigenvalue weighted by Crippen LogP contribution is 2.28. The third-order valence-electron chi connectivity index (χ3n) is 3.76. The van der Waals surface area contributed by atoms with Crippen LogP contribution in [0.15, 0.2) is 24.3 Å². The summed E-state index contributed by atoms with van der Waals surface area (Å²) in [6, 6.07) is 7.75. The Balaban J connectivity index is 1.39. The van der Waals surface area contributed by atoms with Crippen LogP contribution in [-0.4, -0.2) is 30.9 Å². The van der Waals surface area contributed by atoms with Crippen molar-refractivity contribution in [3.05, 3.63) is 29.8 Å². The van der Waals surface area contributed by atoms with Crippen LogP contribution in [-0.2, 0) is 16.0 Å². The summed E-state index contributed by atoms with van der Waals surface area (Å²) in [5.41, 5.74) is 2.21. The van der Waals surface area contributed by atoms with Gasteiger partial charge in [-0.1, -0.05) is 18.2 Å². The van der Waals surface area contributed by atoms with E-state index in [0.29, 0.717) is 13.1 Å². The third kappa shape index (κ3) is 2.92. The molecule has 5 nitrogen and oxygen atoms in total. The molecule has 20 heavy (non-hydrogen) atoms. The monoisotopic (exact) mass is 273 g/mol. The first-order valence-electron chi connectivity index (χ1n) is 7.14. The quantitative estimate of drug-likeness (QED) is 0.690. The molecule has 0 radical (unpaired) electrons. The normalized spacial score (nSPS) is 19.9. The van der Waals surface area contributed by atoms with Crippen molar-refractivity contribution in [1.82, 2.24) is 10.6 Å². The van der Waals surface area contributed by atoms with Gasteiger partial charge < -0.3 is 16.0 Å². The predicted molar refractivity (Wildman–Crippen MR) is 76.3 cm³/mol. The number of carbonyl (C=O) groups excluding carboxylic acids is 2. The molecule has 1 saturated carbocycles. The molecule has 1 fully saturated rings. The lowest BCUT2D eigenvalue weighted by atomic mass is 10.1. The average Bonchev–Trinajstić information content (AvgIpc) is 3.21. The molecule has 106 valence electrons. The lowest BCUT2D eigenvalue weighted by Crippen LogP contribution is -2.42. The smallest absolute Gasteiger partial charge is 0.242 e. The summed E-state index contributed by atoms with van der Waals surface area (Å²) in [6.07, 6.45) is 2.72. The van der Waals surface area contributed by atoms with Crippen molar-refractivity contribution in [2.45, 2.75) is 25.3 Å². The molecule has 1 heterocycles. The summed E-state index contributed by atoms with van der Waals surface area (Å²) < 4.78 is 0. The molecule has 3 rings (SSSR count). The Morgan fingerprint density at radius 3 is 2.50 bits per heavy atom. The second-order valence-corrected chi connectivity index (χ2v) is 5.41. The number of amides is 2. The average molecular weight is 273 g/mol. The van der Waals surface area contributed by atoms with E-state index in [2.05, 4.69) is 16.0 Å². The highest BCUT2D eigenvalue weighted by Gasteiger charge is 2.29. The molecule has 3 N–H and O–H groups in total. The van der Waals surface area contributed by atoms with Crippen molar-refractivity contribution in [2.75, 3.05) is 18.4 Å². The third-order valence-corrected chi connectivity index (χ3v) is 3.76. The Morgan fingerprint density at radius 1 is 1.10 bits per heavy atom. The highest BCUT2D eigenvalue weighted by atomic mass is 16.2. The number of para-hydroxylation sites is 1. The standard InChI is InChI=1S/C15H19N3O2/c19-14(10-5-6-10)16-7-8-17-15(20)13-9-11-3-1-2-4-12(11)18-13/h1-4,10,13,18H,5-9H2,(H,16,19)(H,17,20)/t13-/m0/s1. The van der Waals surface area contributed by atoms with Crippen molar-refractivity contribution in [1.29, 1.82) is 0 Å². The van der Waals surface area contributed by atoms with Gasteiger partial charge in [0.05, 0.1) is 0 Å². The summed E-state index contributed by atoms with van der Waals surface area (Å²) in [4.78, 5) is 23.4. The number of rotatable bonds is 5. The van der Waals surface area contributed by atoms with Crippen molar-refractivity contribution in [3.63, 3.8) is 0 Å². The van der Waals surface area contributed by atoms with Gasteiger partial charge in [0.15, 0.2) is 0 Å². The molecule has 0 unspecified atom stereocenters. The van der Waals surface area contributed by atoms with E-state index in [1.807, 2.05) is 24.3 Å². The second kappa shape index (κ2) is 5.53. The Bertz CT molecular complexity index is 501. The van der Waals surface area contributed by atoms with Crippen LogP contribution in [0.3, 0.4) is 0 Å². The van der Waals surface area contributed by atoms with Crippen LogP contribution < -0.4 is 16.0 Å². The second-order valence-electron chi connectivity index (χ2n) is 5.41. The predicted octanol–water partition coefficient (Wildman–Crippen LogP) is 0.666. The van der Waals surface area contributed by atoms with Crippen LogP contribution in [0.4, 0.5) is 5.69 Å². The topological polar surface area (TPSA) is 70.2 Å². The first-order chi connectivity index (χ1) is 9.74. The number of carbonyl (C=O) groups is 2. The minimum atomic E-state index is -0.202. The van der Waals surface area contributed by atoms with Crippen LogP contribution in [0.5, 0.6) is 0 Å². The molecule has 1 aromatic carbocycles. The summed E-state index contributed by atoms with van der Waals surface area (Å²) in [5, 5.41) is 8.90. The van der Waals surface area contributed by atoms with E-state index in [9.17, 15) is 9.59 Å². The first-order valence-corrected chi connectivity index (χ1v) is 7.14. The zero-order valence-corrected chi connectivity index (χ0v) is 11.3. The molecule has 5 heteroatoms. The molecule has 0 saturated heterocycles. The lowest BCUT2D eigenvalue weighted by Gasteiger charge is -2.12. The van der Waals surface area contributed by atoms with Crippen LogP contribution in [0.1, 0.15) is 18.4 Å². The summed E-state index contributed by atoms with van der Waals surface area (Å²) in [6.45, 7) is 0.979. The maximum atomic E-state index is 12.0. The van der Waals surface area contributed by atoms with Crippen molar-refractivity contribution < 1.29 is 9.59 Å². The fourth-order valence-corrected chi connectivity index (χ4v) is 2.44. The van der Waals surface area contributed by atoms with E-state index in [4.69, 9.17) is 0 Å². The molecular formula is C15H19N3O2. The van der Waals surface area contributed by atoms with E-state index >= 15 is 0 Å². The number of hydrogen-bond donors (Lipinski definition) is 3. The van der Waals surface area contributed by atoms with Crippen LogP contribution in [0.2, 0.25) is 0 Å². The van der Waals surface area contributed by atoms with Gasteiger partial charge >= 0.3 is 0 Å². The Labute approximate surface area is 118 Å². The number of nitrogens with one attached hydrogen (secondary N) is 3. The Morgan fingerprint density at radius 2 is 1.80 bits per heavy atom. The SMILES string of the molecule is O=C(NCCNC(=O)[C@@H]1Cc2ccccc2N1)C1CC1. The molecule has 1 atom stereocenters. The van der Waals surface area contributed by atoms with Crippen LogP contribution in [0, 0.1) is 5.92 Å². The zero-order chi connectivity index (χ0) is 13.9. The molecular weight excluding hydrogens is 254 g/mol. The van der Waals surface area contributed by atoms with Gasteiger partial charge in [0.2, 0.25) is 11.8 Å². The van der Waals surface area contributed by atoms with E-state index in [0.717, 1.165) is 24.9 Å². The van der Waals surface area contributed by atoms with Crippen molar-refractivity contribution in [3.8, 4) is 0 Å². The van der Waals surface area contributed by atoms with E-state index in [1.165, 1.54) is 5.56 Å². The molecule has 1 aliphatic carbocycles.